The molecule has 0 saturated carbocycles. The first-order valence-corrected chi connectivity index (χ1v) is 5.92. The molecule has 1 aromatic carbocycles. The van der Waals surface area contributed by atoms with Crippen LogP contribution in [-0.4, -0.2) is 13.7 Å². The third-order valence-corrected chi connectivity index (χ3v) is 3.22. The van der Waals surface area contributed by atoms with Gasteiger partial charge in [0.25, 0.3) is 5.92 Å². The van der Waals surface area contributed by atoms with Crippen LogP contribution in [0.2, 0.25) is 0 Å². The number of halogens is 3. The summed E-state index contributed by atoms with van der Waals surface area (Å²) in [6, 6.07) is 2.07. The molecule has 0 spiro atoms. The lowest BCUT2D eigenvalue weighted by Crippen LogP contribution is -2.16. The van der Waals surface area contributed by atoms with Crippen LogP contribution in [-0.2, 0) is 5.92 Å². The summed E-state index contributed by atoms with van der Waals surface area (Å²) in [6.07, 6.45) is 1.75. The molecule has 1 fully saturated rings. The zero-order valence-corrected chi connectivity index (χ0v) is 10.4. The summed E-state index contributed by atoms with van der Waals surface area (Å²) >= 11 is 0. The zero-order chi connectivity index (χ0) is 13.3. The van der Waals surface area contributed by atoms with E-state index in [1.54, 1.807) is 0 Å². The standard InChI is InChI=1S/C13H16F3NO/c1-13(15,16)8-6-9(11-4-3-5-17-11)12(18-2)10(14)7-8/h6-7,11,17H,3-5H2,1-2H3. The third kappa shape index (κ3) is 2.46. The zero-order valence-electron chi connectivity index (χ0n) is 10.4. The van der Waals surface area contributed by atoms with Crippen LogP contribution in [0.15, 0.2) is 12.1 Å². The number of ether oxygens (including phenoxy) is 1. The highest BCUT2D eigenvalue weighted by molar-refractivity contribution is 5.42. The first kappa shape index (κ1) is 13.2. The van der Waals surface area contributed by atoms with E-state index >= 15 is 0 Å². The van der Waals surface area contributed by atoms with Crippen LogP contribution < -0.4 is 10.1 Å². The molecule has 100 valence electrons. The quantitative estimate of drug-likeness (QED) is 0.898. The second kappa shape index (κ2) is 4.80. The van der Waals surface area contributed by atoms with Crippen molar-refractivity contribution in [3.05, 3.63) is 29.1 Å². The lowest BCUT2D eigenvalue weighted by molar-refractivity contribution is 0.0169. The van der Waals surface area contributed by atoms with E-state index in [2.05, 4.69) is 5.32 Å². The first-order chi connectivity index (χ1) is 8.43. The molecule has 0 bridgehead atoms. The Morgan fingerprint density at radius 2 is 2.11 bits per heavy atom. The Bertz CT molecular complexity index is 437. The van der Waals surface area contributed by atoms with Gasteiger partial charge in [-0.25, -0.2) is 13.2 Å². The van der Waals surface area contributed by atoms with Gasteiger partial charge >= 0.3 is 0 Å². The van der Waals surface area contributed by atoms with E-state index in [4.69, 9.17) is 4.74 Å². The number of nitrogens with one attached hydrogen (secondary N) is 1. The van der Waals surface area contributed by atoms with Crippen molar-refractivity contribution < 1.29 is 17.9 Å². The summed E-state index contributed by atoms with van der Waals surface area (Å²) in [5, 5.41) is 3.16. The van der Waals surface area contributed by atoms with Crippen molar-refractivity contribution >= 4 is 0 Å². The molecule has 18 heavy (non-hydrogen) atoms. The van der Waals surface area contributed by atoms with E-state index in [-0.39, 0.29) is 17.4 Å². The molecule has 0 amide bonds. The van der Waals surface area contributed by atoms with E-state index in [1.807, 2.05) is 0 Å². The molecule has 1 atom stereocenters. The number of rotatable bonds is 3. The molecule has 1 heterocycles. The summed E-state index contributed by atoms with van der Waals surface area (Å²) in [7, 11) is 1.35. The van der Waals surface area contributed by atoms with Crippen molar-refractivity contribution in [1.29, 1.82) is 0 Å². The predicted octanol–water partition coefficient (Wildman–Crippen LogP) is 3.37. The molecule has 1 saturated heterocycles. The monoisotopic (exact) mass is 259 g/mol. The van der Waals surface area contributed by atoms with Crippen LogP contribution in [0.5, 0.6) is 5.75 Å². The maximum atomic E-state index is 13.8. The second-order valence-corrected chi connectivity index (χ2v) is 4.62. The highest BCUT2D eigenvalue weighted by Gasteiger charge is 2.30. The van der Waals surface area contributed by atoms with Gasteiger partial charge in [0.05, 0.1) is 7.11 Å². The van der Waals surface area contributed by atoms with E-state index in [0.717, 1.165) is 32.4 Å². The highest BCUT2D eigenvalue weighted by atomic mass is 19.3. The van der Waals surface area contributed by atoms with E-state index in [9.17, 15) is 13.2 Å². The lowest BCUT2D eigenvalue weighted by atomic mass is 9.98. The number of hydrogen-bond donors (Lipinski definition) is 1. The minimum Gasteiger partial charge on any atom is -0.493 e. The van der Waals surface area contributed by atoms with Crippen molar-refractivity contribution in [2.45, 2.75) is 31.7 Å². The van der Waals surface area contributed by atoms with Gasteiger partial charge in [-0.1, -0.05) is 0 Å². The Morgan fingerprint density at radius 1 is 1.39 bits per heavy atom. The molecule has 5 heteroatoms. The minimum absolute atomic E-state index is 0.0578. The second-order valence-electron chi connectivity index (χ2n) is 4.62. The fourth-order valence-electron chi connectivity index (χ4n) is 2.29. The molecule has 2 nitrogen and oxygen atoms in total. The number of alkyl halides is 2. The minimum atomic E-state index is -3.06. The maximum Gasteiger partial charge on any atom is 0.270 e. The molecule has 1 aliphatic rings. The van der Waals surface area contributed by atoms with Gasteiger partial charge in [0.15, 0.2) is 11.6 Å². The van der Waals surface area contributed by atoms with Gasteiger partial charge < -0.3 is 10.1 Å². The Morgan fingerprint density at radius 3 is 2.61 bits per heavy atom. The number of benzene rings is 1. The smallest absolute Gasteiger partial charge is 0.270 e. The Balaban J connectivity index is 2.50. The fourth-order valence-corrected chi connectivity index (χ4v) is 2.29. The van der Waals surface area contributed by atoms with E-state index in [0.29, 0.717) is 5.56 Å². The topological polar surface area (TPSA) is 21.3 Å². The van der Waals surface area contributed by atoms with Crippen LogP contribution in [0.3, 0.4) is 0 Å². The van der Waals surface area contributed by atoms with Crippen molar-refractivity contribution in [2.75, 3.05) is 13.7 Å². The molecule has 2 rings (SSSR count). The van der Waals surface area contributed by atoms with E-state index in [1.165, 1.54) is 13.2 Å². The normalized spacial score (nSPS) is 20.2. The van der Waals surface area contributed by atoms with Gasteiger partial charge in [0, 0.05) is 24.1 Å². The molecular weight excluding hydrogens is 243 g/mol. The van der Waals surface area contributed by atoms with Crippen LogP contribution in [0, 0.1) is 5.82 Å². The van der Waals surface area contributed by atoms with Gasteiger partial charge in [0.1, 0.15) is 0 Å². The summed E-state index contributed by atoms with van der Waals surface area (Å²) in [5.41, 5.74) is 0.163. The Labute approximate surface area is 104 Å². The molecule has 0 aromatic heterocycles. The lowest BCUT2D eigenvalue weighted by Gasteiger charge is -2.19. The third-order valence-electron chi connectivity index (χ3n) is 3.22. The van der Waals surface area contributed by atoms with Crippen LogP contribution in [0.25, 0.3) is 0 Å². The van der Waals surface area contributed by atoms with Crippen molar-refractivity contribution in [3.63, 3.8) is 0 Å². The fraction of sp³-hybridized carbons (Fsp3) is 0.538. The van der Waals surface area contributed by atoms with Crippen LogP contribution in [0.4, 0.5) is 13.2 Å². The van der Waals surface area contributed by atoms with Crippen molar-refractivity contribution in [2.24, 2.45) is 0 Å². The molecular formula is C13H16F3NO. The maximum absolute atomic E-state index is 13.8. The summed E-state index contributed by atoms with van der Waals surface area (Å²) in [6.45, 7) is 1.57. The van der Waals surface area contributed by atoms with Crippen molar-refractivity contribution in [3.8, 4) is 5.75 Å². The predicted molar refractivity (Wildman–Crippen MR) is 62.5 cm³/mol. The average Bonchev–Trinajstić information content (AvgIpc) is 2.79. The van der Waals surface area contributed by atoms with Crippen LogP contribution in [0.1, 0.15) is 36.9 Å². The van der Waals surface area contributed by atoms with Gasteiger partial charge in [-0.15, -0.1) is 0 Å². The van der Waals surface area contributed by atoms with Gasteiger partial charge in [-0.3, -0.25) is 0 Å². The molecule has 0 radical (unpaired) electrons. The molecule has 1 N–H and O–H groups in total. The Kier molecular flexibility index (Phi) is 3.52. The Hall–Kier alpha value is -1.23. The van der Waals surface area contributed by atoms with Crippen molar-refractivity contribution in [1.82, 2.24) is 5.32 Å². The van der Waals surface area contributed by atoms with Gasteiger partial charge in [-0.2, -0.15) is 0 Å². The van der Waals surface area contributed by atoms with E-state index < -0.39 is 11.7 Å². The summed E-state index contributed by atoms with van der Waals surface area (Å²) in [5.74, 6) is -3.73. The van der Waals surface area contributed by atoms with Crippen LogP contribution >= 0.6 is 0 Å². The summed E-state index contributed by atoms with van der Waals surface area (Å²) < 4.78 is 45.4. The SMILES string of the molecule is COc1c(F)cc(C(C)(F)F)cc1C1CCCN1. The molecule has 0 aliphatic carbocycles. The van der Waals surface area contributed by atoms with Gasteiger partial charge in [-0.05, 0) is 31.5 Å². The number of methoxy groups -OCH3 is 1. The largest absolute Gasteiger partial charge is 0.493 e. The molecule has 1 aliphatic heterocycles. The highest BCUT2D eigenvalue weighted by Crippen LogP contribution is 2.37. The first-order valence-electron chi connectivity index (χ1n) is 5.92. The summed E-state index contributed by atoms with van der Waals surface area (Å²) in [4.78, 5) is 0. The molecule has 1 aromatic rings. The average molecular weight is 259 g/mol. The number of hydrogen-bond acceptors (Lipinski definition) is 2. The van der Waals surface area contributed by atoms with Gasteiger partial charge in [0.2, 0.25) is 0 Å². The molecule has 1 unspecified atom stereocenters.